The van der Waals surface area contributed by atoms with Gasteiger partial charge in [0.25, 0.3) is 0 Å². The second-order valence-corrected chi connectivity index (χ2v) is 8.79. The summed E-state index contributed by atoms with van der Waals surface area (Å²) in [5, 5.41) is 0. The summed E-state index contributed by atoms with van der Waals surface area (Å²) >= 11 is 1.76. The van der Waals surface area contributed by atoms with E-state index in [1.807, 2.05) is 0 Å². The van der Waals surface area contributed by atoms with Gasteiger partial charge >= 0.3 is 29.6 Å². The summed E-state index contributed by atoms with van der Waals surface area (Å²) < 4.78 is 32.9. The number of hydrogen-bond acceptors (Lipinski definition) is 5. The van der Waals surface area contributed by atoms with E-state index in [-0.39, 0.29) is 35.3 Å². The molecule has 0 aliphatic carbocycles. The normalized spacial score (nSPS) is 13.0. The Bertz CT molecular complexity index is 831. The third kappa shape index (κ3) is 5.06. The van der Waals surface area contributed by atoms with Crippen molar-refractivity contribution in [2.24, 2.45) is 0 Å². The Morgan fingerprint density at radius 3 is 1.88 bits per heavy atom. The van der Waals surface area contributed by atoms with E-state index in [1.54, 1.807) is 11.8 Å². The van der Waals surface area contributed by atoms with Crippen molar-refractivity contribution in [2.45, 2.75) is 42.9 Å². The standard InChI is InChI=1S/C19H23NO3S2.Na/c1-3-14-6-8-16-18(12-14)24-19-13-15(4-2)7-9-17(19)20(16)10-5-11-25(21,22)23;/h6-9,12-13H,3-5,10-11H2,1-2H3,(H,21,22,23);/q;+1/p-1. The Kier molecular flexibility index (Phi) is 7.65. The molecule has 0 aromatic heterocycles. The minimum Gasteiger partial charge on any atom is -0.748 e. The van der Waals surface area contributed by atoms with E-state index < -0.39 is 10.1 Å². The largest absolute Gasteiger partial charge is 1.00 e. The fourth-order valence-corrected chi connectivity index (χ4v) is 4.76. The molecule has 0 bridgehead atoms. The van der Waals surface area contributed by atoms with Crippen LogP contribution in [0.1, 0.15) is 31.4 Å². The Morgan fingerprint density at radius 1 is 0.962 bits per heavy atom. The van der Waals surface area contributed by atoms with E-state index in [2.05, 4.69) is 55.1 Å². The molecule has 134 valence electrons. The molecule has 1 aliphatic heterocycles. The van der Waals surface area contributed by atoms with Gasteiger partial charge in [-0.1, -0.05) is 37.7 Å². The molecule has 3 rings (SSSR count). The summed E-state index contributed by atoms with van der Waals surface area (Å²) in [5.74, 6) is -0.332. The van der Waals surface area contributed by atoms with Crippen LogP contribution in [-0.2, 0) is 23.0 Å². The summed E-state index contributed by atoms with van der Waals surface area (Å²) in [5.41, 5.74) is 4.73. The van der Waals surface area contributed by atoms with Gasteiger partial charge < -0.3 is 9.45 Å². The molecule has 0 atom stereocenters. The van der Waals surface area contributed by atoms with Gasteiger partial charge in [-0.2, -0.15) is 0 Å². The fourth-order valence-electron chi connectivity index (χ4n) is 3.05. The first-order chi connectivity index (χ1) is 11.9. The van der Waals surface area contributed by atoms with Crippen LogP contribution in [-0.4, -0.2) is 25.3 Å². The zero-order chi connectivity index (χ0) is 18.0. The quantitative estimate of drug-likeness (QED) is 0.542. The Labute approximate surface area is 182 Å². The van der Waals surface area contributed by atoms with E-state index in [4.69, 9.17) is 0 Å². The van der Waals surface area contributed by atoms with Crippen LogP contribution in [0.2, 0.25) is 0 Å². The van der Waals surface area contributed by atoms with Gasteiger partial charge in [0.05, 0.1) is 21.5 Å². The molecule has 0 saturated carbocycles. The monoisotopic (exact) mass is 399 g/mol. The van der Waals surface area contributed by atoms with Gasteiger partial charge in [-0.25, -0.2) is 8.42 Å². The third-order valence-electron chi connectivity index (χ3n) is 4.44. The average Bonchev–Trinajstić information content (AvgIpc) is 2.59. The zero-order valence-electron chi connectivity index (χ0n) is 15.5. The van der Waals surface area contributed by atoms with Crippen LogP contribution in [0.5, 0.6) is 0 Å². The molecule has 0 amide bonds. The number of fused-ring (bicyclic) bond motifs is 2. The molecule has 0 saturated heterocycles. The maximum absolute atomic E-state index is 11.0. The van der Waals surface area contributed by atoms with Crippen molar-refractivity contribution in [3.8, 4) is 0 Å². The molecule has 2 aromatic rings. The minimum absolute atomic E-state index is 0. The van der Waals surface area contributed by atoms with Gasteiger partial charge in [0.2, 0.25) is 0 Å². The second-order valence-electron chi connectivity index (χ2n) is 6.18. The van der Waals surface area contributed by atoms with Gasteiger partial charge in [0, 0.05) is 22.1 Å². The average molecular weight is 400 g/mol. The molecule has 26 heavy (non-hydrogen) atoms. The molecule has 0 radical (unpaired) electrons. The molecule has 0 N–H and O–H groups in total. The molecule has 0 fully saturated rings. The number of benzene rings is 2. The first-order valence-corrected chi connectivity index (χ1v) is 11.0. The predicted molar refractivity (Wildman–Crippen MR) is 102 cm³/mol. The number of nitrogens with zero attached hydrogens (tertiary/aromatic N) is 1. The summed E-state index contributed by atoms with van der Waals surface area (Å²) in [6.07, 6.45) is 2.27. The van der Waals surface area contributed by atoms with Gasteiger partial charge in [-0.3, -0.25) is 0 Å². The molecular formula is C19H22NNaO3S2. The predicted octanol–water partition coefficient (Wildman–Crippen LogP) is 1.35. The van der Waals surface area contributed by atoms with Gasteiger partial charge in [-0.15, -0.1) is 0 Å². The minimum atomic E-state index is -4.18. The van der Waals surface area contributed by atoms with Crippen molar-refractivity contribution < 1.29 is 42.5 Å². The number of anilines is 2. The van der Waals surface area contributed by atoms with Crippen molar-refractivity contribution in [3.05, 3.63) is 47.5 Å². The molecule has 7 heteroatoms. The van der Waals surface area contributed by atoms with Crippen LogP contribution < -0.4 is 34.5 Å². The topological polar surface area (TPSA) is 60.4 Å². The van der Waals surface area contributed by atoms with Crippen molar-refractivity contribution in [3.63, 3.8) is 0 Å². The van der Waals surface area contributed by atoms with Crippen molar-refractivity contribution in [1.82, 2.24) is 0 Å². The van der Waals surface area contributed by atoms with Gasteiger partial charge in [0.1, 0.15) is 0 Å². The van der Waals surface area contributed by atoms with E-state index in [0.717, 1.165) is 24.2 Å². The van der Waals surface area contributed by atoms with Gasteiger partial charge in [-0.05, 0) is 54.7 Å². The second kappa shape index (κ2) is 9.13. The van der Waals surface area contributed by atoms with Crippen LogP contribution in [0.3, 0.4) is 0 Å². The number of aryl methyl sites for hydroxylation is 2. The molecule has 1 heterocycles. The molecule has 2 aromatic carbocycles. The van der Waals surface area contributed by atoms with Crippen molar-refractivity contribution >= 4 is 33.3 Å². The van der Waals surface area contributed by atoms with Crippen LogP contribution in [0.4, 0.5) is 11.4 Å². The third-order valence-corrected chi connectivity index (χ3v) is 6.32. The van der Waals surface area contributed by atoms with Gasteiger partial charge in [0.15, 0.2) is 0 Å². The molecule has 0 unspecified atom stereocenters. The zero-order valence-corrected chi connectivity index (χ0v) is 19.1. The first-order valence-electron chi connectivity index (χ1n) is 8.56. The summed E-state index contributed by atoms with van der Waals surface area (Å²) in [6, 6.07) is 12.8. The molecule has 0 spiro atoms. The maximum atomic E-state index is 11.0. The van der Waals surface area contributed by atoms with E-state index in [0.29, 0.717) is 13.0 Å². The number of hydrogen-bond donors (Lipinski definition) is 0. The fraction of sp³-hybridized carbons (Fsp3) is 0.368. The van der Waals surface area contributed by atoms with Crippen LogP contribution >= 0.6 is 11.8 Å². The van der Waals surface area contributed by atoms with Crippen LogP contribution in [0, 0.1) is 0 Å². The molecular weight excluding hydrogens is 377 g/mol. The maximum Gasteiger partial charge on any atom is 1.00 e. The summed E-state index contributed by atoms with van der Waals surface area (Å²) in [7, 11) is -4.18. The van der Waals surface area contributed by atoms with E-state index in [1.165, 1.54) is 20.9 Å². The Hall–Kier alpha value is -0.500. The molecule has 1 aliphatic rings. The first kappa shape index (κ1) is 21.8. The molecule has 4 nitrogen and oxygen atoms in total. The summed E-state index contributed by atoms with van der Waals surface area (Å²) in [4.78, 5) is 4.51. The summed E-state index contributed by atoms with van der Waals surface area (Å²) in [6.45, 7) is 4.78. The Morgan fingerprint density at radius 2 is 1.46 bits per heavy atom. The van der Waals surface area contributed by atoms with Crippen molar-refractivity contribution in [1.29, 1.82) is 0 Å². The van der Waals surface area contributed by atoms with Crippen molar-refractivity contribution in [2.75, 3.05) is 17.2 Å². The number of rotatable bonds is 6. The SMILES string of the molecule is CCc1ccc2c(c1)Sc1cc(CC)ccc1N2CCCS(=O)(=O)[O-].[Na+]. The van der Waals surface area contributed by atoms with Crippen LogP contribution in [0.25, 0.3) is 0 Å². The van der Waals surface area contributed by atoms with E-state index in [9.17, 15) is 13.0 Å². The van der Waals surface area contributed by atoms with E-state index >= 15 is 0 Å². The van der Waals surface area contributed by atoms with Crippen LogP contribution in [0.15, 0.2) is 46.2 Å². The Balaban J connectivity index is 0.00000243. The smallest absolute Gasteiger partial charge is 0.748 e.